The lowest BCUT2D eigenvalue weighted by Gasteiger charge is -2.19. The van der Waals surface area contributed by atoms with Gasteiger partial charge in [0.1, 0.15) is 11.4 Å². The smallest absolute Gasteiger partial charge is 0.407 e. The van der Waals surface area contributed by atoms with Gasteiger partial charge in [0.2, 0.25) is 0 Å². The van der Waals surface area contributed by atoms with Crippen LogP contribution in [0.2, 0.25) is 0 Å². The van der Waals surface area contributed by atoms with Gasteiger partial charge in [-0.25, -0.2) is 9.78 Å². The number of pyridine rings is 1. The summed E-state index contributed by atoms with van der Waals surface area (Å²) in [4.78, 5) is 15.9. The van der Waals surface area contributed by atoms with Crippen molar-refractivity contribution in [3.63, 3.8) is 0 Å². The third-order valence-electron chi connectivity index (χ3n) is 2.98. The number of ether oxygens (including phenoxy) is 1. The molecule has 23 heavy (non-hydrogen) atoms. The highest BCUT2D eigenvalue weighted by Gasteiger charge is 2.15. The van der Waals surface area contributed by atoms with Crippen LogP contribution in [0.25, 0.3) is 0 Å². The number of carbonyl (C=O) groups excluding carboxylic acids is 1. The van der Waals surface area contributed by atoms with E-state index in [0.29, 0.717) is 6.54 Å². The van der Waals surface area contributed by atoms with Crippen molar-refractivity contribution in [3.8, 4) is 0 Å². The van der Waals surface area contributed by atoms with E-state index in [1.165, 1.54) is 5.56 Å². The number of nitrogens with zero attached hydrogens (tertiary/aromatic N) is 1. The molecule has 0 radical (unpaired) electrons. The molecule has 5 nitrogen and oxygen atoms in total. The molecule has 0 unspecified atom stereocenters. The summed E-state index contributed by atoms with van der Waals surface area (Å²) in [6.45, 7) is 6.62. The Kier molecular flexibility index (Phi) is 5.57. The molecular formula is C18H23N3O2. The van der Waals surface area contributed by atoms with Gasteiger partial charge in [-0.15, -0.1) is 0 Å². The molecule has 2 rings (SSSR count). The van der Waals surface area contributed by atoms with E-state index < -0.39 is 11.7 Å². The molecule has 0 saturated heterocycles. The first kappa shape index (κ1) is 16.8. The molecule has 2 N–H and O–H groups in total. The maximum Gasteiger partial charge on any atom is 0.407 e. The Labute approximate surface area is 137 Å². The van der Waals surface area contributed by atoms with E-state index in [1.807, 2.05) is 51.1 Å². The molecule has 0 aliphatic rings. The number of amides is 1. The van der Waals surface area contributed by atoms with Gasteiger partial charge in [0, 0.05) is 19.3 Å². The molecule has 2 aromatic rings. The molecular weight excluding hydrogens is 290 g/mol. The van der Waals surface area contributed by atoms with Crippen LogP contribution in [0.5, 0.6) is 0 Å². The number of hydrogen-bond acceptors (Lipinski definition) is 4. The summed E-state index contributed by atoms with van der Waals surface area (Å²) in [5.41, 5.74) is 1.62. The van der Waals surface area contributed by atoms with E-state index in [9.17, 15) is 4.79 Å². The van der Waals surface area contributed by atoms with Gasteiger partial charge in [0.25, 0.3) is 0 Å². The molecule has 1 aromatic heterocycles. The van der Waals surface area contributed by atoms with Crippen molar-refractivity contribution in [2.75, 3.05) is 5.32 Å². The molecule has 1 aromatic carbocycles. The first-order valence-electron chi connectivity index (χ1n) is 7.62. The third kappa shape index (κ3) is 6.38. The SMILES string of the molecule is CC(C)(C)OC(=O)NCc1ccc(NCc2ccccc2)nc1. The zero-order valence-corrected chi connectivity index (χ0v) is 13.8. The number of carbonyl (C=O) groups is 1. The summed E-state index contributed by atoms with van der Waals surface area (Å²) < 4.78 is 5.19. The van der Waals surface area contributed by atoms with Gasteiger partial charge in [-0.3, -0.25) is 0 Å². The summed E-state index contributed by atoms with van der Waals surface area (Å²) in [5.74, 6) is 0.801. The van der Waals surface area contributed by atoms with Crippen molar-refractivity contribution < 1.29 is 9.53 Å². The fourth-order valence-corrected chi connectivity index (χ4v) is 1.91. The number of alkyl carbamates (subject to hydrolysis) is 1. The van der Waals surface area contributed by atoms with Crippen molar-refractivity contribution in [2.24, 2.45) is 0 Å². The lowest BCUT2D eigenvalue weighted by molar-refractivity contribution is 0.0523. The topological polar surface area (TPSA) is 63.2 Å². The molecule has 0 aliphatic carbocycles. The molecule has 0 saturated carbocycles. The monoisotopic (exact) mass is 313 g/mol. The number of anilines is 1. The van der Waals surface area contributed by atoms with Gasteiger partial charge in [-0.05, 0) is 38.0 Å². The Hall–Kier alpha value is -2.56. The number of benzene rings is 1. The van der Waals surface area contributed by atoms with Crippen molar-refractivity contribution in [2.45, 2.75) is 39.5 Å². The van der Waals surface area contributed by atoms with Crippen LogP contribution in [0.1, 0.15) is 31.9 Å². The summed E-state index contributed by atoms with van der Waals surface area (Å²) >= 11 is 0. The zero-order valence-electron chi connectivity index (χ0n) is 13.8. The lowest BCUT2D eigenvalue weighted by atomic mass is 10.2. The zero-order chi connectivity index (χ0) is 16.7. The molecule has 0 aliphatic heterocycles. The van der Waals surface area contributed by atoms with Gasteiger partial charge in [-0.1, -0.05) is 36.4 Å². The van der Waals surface area contributed by atoms with E-state index in [-0.39, 0.29) is 0 Å². The van der Waals surface area contributed by atoms with Gasteiger partial charge in [0.15, 0.2) is 0 Å². The van der Waals surface area contributed by atoms with Crippen LogP contribution >= 0.6 is 0 Å². The molecule has 1 heterocycles. The Morgan fingerprint density at radius 2 is 1.78 bits per heavy atom. The average molecular weight is 313 g/mol. The van der Waals surface area contributed by atoms with Gasteiger partial charge >= 0.3 is 6.09 Å². The maximum atomic E-state index is 11.6. The van der Waals surface area contributed by atoms with Crippen molar-refractivity contribution in [1.82, 2.24) is 10.3 Å². The first-order valence-corrected chi connectivity index (χ1v) is 7.62. The van der Waals surface area contributed by atoms with Crippen LogP contribution in [-0.2, 0) is 17.8 Å². The van der Waals surface area contributed by atoms with Crippen LogP contribution in [0.3, 0.4) is 0 Å². The van der Waals surface area contributed by atoms with Gasteiger partial charge in [-0.2, -0.15) is 0 Å². The summed E-state index contributed by atoms with van der Waals surface area (Å²) in [6.07, 6.45) is 1.31. The molecule has 0 fully saturated rings. The van der Waals surface area contributed by atoms with E-state index in [2.05, 4.69) is 27.8 Å². The maximum absolute atomic E-state index is 11.6. The normalized spacial score (nSPS) is 10.9. The Morgan fingerprint density at radius 3 is 2.39 bits per heavy atom. The van der Waals surface area contributed by atoms with Crippen LogP contribution in [-0.4, -0.2) is 16.7 Å². The molecule has 1 amide bonds. The second kappa shape index (κ2) is 7.63. The predicted octanol–water partition coefficient (Wildman–Crippen LogP) is 3.72. The fraction of sp³-hybridized carbons (Fsp3) is 0.333. The largest absolute Gasteiger partial charge is 0.444 e. The number of nitrogens with one attached hydrogen (secondary N) is 2. The van der Waals surface area contributed by atoms with E-state index in [4.69, 9.17) is 4.74 Å². The first-order chi connectivity index (χ1) is 10.9. The number of aromatic nitrogens is 1. The minimum atomic E-state index is -0.493. The standard InChI is InChI=1S/C18H23N3O2/c1-18(2,3)23-17(22)21-13-15-9-10-16(20-12-15)19-11-14-7-5-4-6-8-14/h4-10,12H,11,13H2,1-3H3,(H,19,20)(H,21,22). The summed E-state index contributed by atoms with van der Waals surface area (Å²) in [5, 5.41) is 5.97. The molecule has 122 valence electrons. The van der Waals surface area contributed by atoms with E-state index in [1.54, 1.807) is 6.20 Å². The predicted molar refractivity (Wildman–Crippen MR) is 91.1 cm³/mol. The quantitative estimate of drug-likeness (QED) is 0.883. The van der Waals surface area contributed by atoms with Crippen LogP contribution in [0.15, 0.2) is 48.7 Å². The molecule has 0 bridgehead atoms. The second-order valence-electron chi connectivity index (χ2n) is 6.25. The Balaban J connectivity index is 1.79. The Bertz CT molecular complexity index is 619. The molecule has 0 atom stereocenters. The van der Waals surface area contributed by atoms with Gasteiger partial charge in [0.05, 0.1) is 0 Å². The summed E-state index contributed by atoms with van der Waals surface area (Å²) in [7, 11) is 0. The van der Waals surface area contributed by atoms with E-state index >= 15 is 0 Å². The summed E-state index contributed by atoms with van der Waals surface area (Å²) in [6, 6.07) is 14.0. The van der Waals surface area contributed by atoms with Crippen LogP contribution < -0.4 is 10.6 Å². The van der Waals surface area contributed by atoms with E-state index in [0.717, 1.165) is 17.9 Å². The average Bonchev–Trinajstić information content (AvgIpc) is 2.51. The van der Waals surface area contributed by atoms with Crippen LogP contribution in [0.4, 0.5) is 10.6 Å². The lowest BCUT2D eigenvalue weighted by Crippen LogP contribution is -2.32. The highest BCUT2D eigenvalue weighted by molar-refractivity contribution is 5.67. The Morgan fingerprint density at radius 1 is 1.04 bits per heavy atom. The van der Waals surface area contributed by atoms with Crippen molar-refractivity contribution in [3.05, 3.63) is 59.8 Å². The minimum absolute atomic E-state index is 0.390. The highest BCUT2D eigenvalue weighted by atomic mass is 16.6. The van der Waals surface area contributed by atoms with Crippen molar-refractivity contribution in [1.29, 1.82) is 0 Å². The minimum Gasteiger partial charge on any atom is -0.444 e. The fourth-order valence-electron chi connectivity index (χ4n) is 1.91. The van der Waals surface area contributed by atoms with Crippen molar-refractivity contribution >= 4 is 11.9 Å². The second-order valence-corrected chi connectivity index (χ2v) is 6.25. The van der Waals surface area contributed by atoms with Crippen LogP contribution in [0, 0.1) is 0 Å². The molecule has 0 spiro atoms. The molecule has 5 heteroatoms. The number of hydrogen-bond donors (Lipinski definition) is 2. The third-order valence-corrected chi connectivity index (χ3v) is 2.98. The van der Waals surface area contributed by atoms with Gasteiger partial charge < -0.3 is 15.4 Å². The highest BCUT2D eigenvalue weighted by Crippen LogP contribution is 2.09. The number of rotatable bonds is 5.